The first-order valence-electron chi connectivity index (χ1n) is 12.2. The topological polar surface area (TPSA) is 86.7 Å². The summed E-state index contributed by atoms with van der Waals surface area (Å²) in [6.07, 6.45) is 1.75. The highest BCUT2D eigenvalue weighted by Crippen LogP contribution is 2.54. The molecule has 0 unspecified atom stereocenters. The summed E-state index contributed by atoms with van der Waals surface area (Å²) in [5, 5.41) is 0. The second-order valence-corrected chi connectivity index (χ2v) is 13.0. The number of rotatable bonds is 4. The van der Waals surface area contributed by atoms with E-state index in [-0.39, 0.29) is 33.0 Å². The minimum absolute atomic E-state index is 0.0255. The summed E-state index contributed by atoms with van der Waals surface area (Å²) in [5.74, 6) is 0.338. The van der Waals surface area contributed by atoms with Gasteiger partial charge in [-0.15, -0.1) is 0 Å². The molecule has 6 nitrogen and oxygen atoms in total. The number of para-hydroxylation sites is 1. The Morgan fingerprint density at radius 2 is 1.25 bits per heavy atom. The van der Waals surface area contributed by atoms with Crippen LogP contribution in [0.2, 0.25) is 0 Å². The molecule has 0 saturated heterocycles. The van der Waals surface area contributed by atoms with Gasteiger partial charge in [0.05, 0.1) is 5.92 Å². The van der Waals surface area contributed by atoms with Crippen LogP contribution in [-0.2, 0) is 24.4 Å². The molecule has 2 aliphatic carbocycles. The number of ether oxygens (including phenoxy) is 1. The number of carbonyl (C=O) groups excluding carboxylic acids is 2. The number of carbonyl (C=O) groups is 2. The maximum atomic E-state index is 13.5. The second kappa shape index (κ2) is 8.44. The van der Waals surface area contributed by atoms with Gasteiger partial charge in [-0.25, -0.2) is 0 Å². The second-order valence-electron chi connectivity index (χ2n) is 11.5. The zero-order valence-electron chi connectivity index (χ0n) is 21.0. The van der Waals surface area contributed by atoms with Crippen molar-refractivity contribution in [3.8, 4) is 5.75 Å². The van der Waals surface area contributed by atoms with Crippen molar-refractivity contribution in [1.82, 2.24) is 0 Å². The maximum absolute atomic E-state index is 13.5. The Morgan fingerprint density at radius 3 is 1.81 bits per heavy atom. The van der Waals surface area contributed by atoms with Crippen molar-refractivity contribution < 1.29 is 26.9 Å². The van der Waals surface area contributed by atoms with E-state index in [0.29, 0.717) is 53.9 Å². The Morgan fingerprint density at radius 1 is 0.750 bits per heavy atom. The molecule has 0 atom stereocenters. The fourth-order valence-electron chi connectivity index (χ4n) is 5.53. The third-order valence-corrected chi connectivity index (χ3v) is 8.29. The minimum atomic E-state index is -4.13. The Balaban J connectivity index is 1.68. The lowest BCUT2D eigenvalue weighted by molar-refractivity contribution is -0.120. The fourth-order valence-corrected chi connectivity index (χ4v) is 6.51. The Labute approximate surface area is 212 Å². The summed E-state index contributed by atoms with van der Waals surface area (Å²) in [7, 11) is -4.13. The normalized spacial score (nSPS) is 21.6. The number of allylic oxidation sites excluding steroid dienone is 4. The SMILES string of the molecule is CC1(C)CC(=O)C2=C(C1)OC1=C(C(=O)CC(C)(C)C1)C2c1ccccc1OS(=O)(=O)c1ccccc1. The van der Waals surface area contributed by atoms with Gasteiger partial charge in [0, 0.05) is 42.4 Å². The Kier molecular flexibility index (Phi) is 5.75. The third kappa shape index (κ3) is 4.41. The molecule has 1 heterocycles. The van der Waals surface area contributed by atoms with E-state index >= 15 is 0 Å². The predicted molar refractivity (Wildman–Crippen MR) is 135 cm³/mol. The number of hydrogen-bond donors (Lipinski definition) is 0. The molecule has 0 amide bonds. The molecule has 0 N–H and O–H groups in total. The Bertz CT molecular complexity index is 1380. The summed E-state index contributed by atoms with van der Waals surface area (Å²) >= 11 is 0. The molecule has 0 fully saturated rings. The summed E-state index contributed by atoms with van der Waals surface area (Å²) in [6.45, 7) is 8.10. The van der Waals surface area contributed by atoms with Crippen molar-refractivity contribution in [3.05, 3.63) is 82.8 Å². The van der Waals surface area contributed by atoms with E-state index < -0.39 is 16.0 Å². The zero-order valence-corrected chi connectivity index (χ0v) is 21.8. The molecule has 0 radical (unpaired) electrons. The predicted octanol–water partition coefficient (Wildman–Crippen LogP) is 5.85. The molecule has 1 aliphatic heterocycles. The van der Waals surface area contributed by atoms with Gasteiger partial charge in [-0.2, -0.15) is 8.42 Å². The monoisotopic (exact) mass is 506 g/mol. The molecule has 0 bridgehead atoms. The molecule has 2 aromatic carbocycles. The van der Waals surface area contributed by atoms with Crippen LogP contribution in [0.15, 0.2) is 82.2 Å². The highest BCUT2D eigenvalue weighted by molar-refractivity contribution is 7.87. The first-order chi connectivity index (χ1) is 16.9. The molecule has 36 heavy (non-hydrogen) atoms. The van der Waals surface area contributed by atoms with Crippen LogP contribution >= 0.6 is 0 Å². The van der Waals surface area contributed by atoms with Crippen molar-refractivity contribution in [3.63, 3.8) is 0 Å². The van der Waals surface area contributed by atoms with Gasteiger partial charge in [-0.1, -0.05) is 64.1 Å². The van der Waals surface area contributed by atoms with Crippen molar-refractivity contribution in [2.45, 2.75) is 64.2 Å². The highest BCUT2D eigenvalue weighted by Gasteiger charge is 2.48. The molecule has 0 saturated carbocycles. The standard InChI is InChI=1S/C29H30O6S/c1-28(2)14-20(30)26-23(16-28)34-24-17-29(3,4)15-21(31)27(24)25(26)19-12-8-9-13-22(19)35-36(32,33)18-10-6-5-7-11-18/h5-13,25H,14-17H2,1-4H3. The van der Waals surface area contributed by atoms with Gasteiger partial charge >= 0.3 is 10.1 Å². The van der Waals surface area contributed by atoms with Crippen LogP contribution in [0.3, 0.4) is 0 Å². The maximum Gasteiger partial charge on any atom is 0.339 e. The molecular weight excluding hydrogens is 476 g/mol. The van der Waals surface area contributed by atoms with E-state index in [2.05, 4.69) is 0 Å². The molecule has 188 valence electrons. The van der Waals surface area contributed by atoms with E-state index in [9.17, 15) is 18.0 Å². The van der Waals surface area contributed by atoms with Crippen molar-refractivity contribution >= 4 is 21.7 Å². The smallest absolute Gasteiger partial charge is 0.339 e. The van der Waals surface area contributed by atoms with Gasteiger partial charge < -0.3 is 8.92 Å². The minimum Gasteiger partial charge on any atom is -0.465 e. The van der Waals surface area contributed by atoms with E-state index in [1.165, 1.54) is 12.1 Å². The molecule has 0 aromatic heterocycles. The summed E-state index contributed by atoms with van der Waals surface area (Å²) in [4.78, 5) is 27.1. The van der Waals surface area contributed by atoms with Gasteiger partial charge in [0.2, 0.25) is 0 Å². The van der Waals surface area contributed by atoms with Gasteiger partial charge in [-0.3, -0.25) is 9.59 Å². The van der Waals surface area contributed by atoms with Crippen molar-refractivity contribution in [2.24, 2.45) is 10.8 Å². The van der Waals surface area contributed by atoms with Crippen LogP contribution in [0.1, 0.15) is 64.9 Å². The van der Waals surface area contributed by atoms with E-state index in [1.54, 1.807) is 42.5 Å². The molecule has 7 heteroatoms. The number of hydrogen-bond acceptors (Lipinski definition) is 6. The van der Waals surface area contributed by atoms with Crippen molar-refractivity contribution in [1.29, 1.82) is 0 Å². The number of benzene rings is 2. The van der Waals surface area contributed by atoms with Gasteiger partial charge in [0.25, 0.3) is 0 Å². The molecule has 5 rings (SSSR count). The van der Waals surface area contributed by atoms with Gasteiger partial charge in [-0.05, 0) is 29.0 Å². The summed E-state index contributed by atoms with van der Waals surface area (Å²) < 4.78 is 38.2. The van der Waals surface area contributed by atoms with E-state index in [1.807, 2.05) is 27.7 Å². The summed E-state index contributed by atoms with van der Waals surface area (Å²) in [5.41, 5.74) is 0.795. The average molecular weight is 507 g/mol. The molecule has 2 aromatic rings. The third-order valence-electron chi connectivity index (χ3n) is 7.04. The van der Waals surface area contributed by atoms with Crippen LogP contribution in [0.5, 0.6) is 5.75 Å². The van der Waals surface area contributed by atoms with Gasteiger partial charge in [0.15, 0.2) is 11.6 Å². The van der Waals surface area contributed by atoms with E-state index in [4.69, 9.17) is 8.92 Å². The quantitative estimate of drug-likeness (QED) is 0.483. The van der Waals surface area contributed by atoms with Crippen LogP contribution in [0.25, 0.3) is 0 Å². The zero-order chi connectivity index (χ0) is 25.9. The van der Waals surface area contributed by atoms with E-state index in [0.717, 1.165) is 0 Å². The Hall–Kier alpha value is -3.19. The van der Waals surface area contributed by atoms with Gasteiger partial charge in [0.1, 0.15) is 22.2 Å². The summed E-state index contributed by atoms with van der Waals surface area (Å²) in [6, 6.07) is 14.7. The average Bonchev–Trinajstić information content (AvgIpc) is 2.77. The van der Waals surface area contributed by atoms with Crippen LogP contribution in [0.4, 0.5) is 0 Å². The molecular formula is C29H30O6S. The molecule has 0 spiro atoms. The van der Waals surface area contributed by atoms with Crippen LogP contribution in [-0.4, -0.2) is 20.0 Å². The largest absolute Gasteiger partial charge is 0.465 e. The molecule has 3 aliphatic rings. The lowest BCUT2D eigenvalue weighted by atomic mass is 9.65. The van der Waals surface area contributed by atoms with Crippen LogP contribution in [0, 0.1) is 10.8 Å². The number of ketones is 2. The first-order valence-corrected chi connectivity index (χ1v) is 13.6. The van der Waals surface area contributed by atoms with Crippen molar-refractivity contribution in [2.75, 3.05) is 0 Å². The lowest BCUT2D eigenvalue weighted by Gasteiger charge is -2.42. The first kappa shape index (κ1) is 24.5. The number of Topliss-reactive ketones (excluding diaryl/α,β-unsaturated/α-hetero) is 2. The van der Waals surface area contributed by atoms with Crippen LogP contribution < -0.4 is 4.18 Å². The fraction of sp³-hybridized carbons (Fsp3) is 0.379. The lowest BCUT2D eigenvalue weighted by Crippen LogP contribution is -2.37. The highest BCUT2D eigenvalue weighted by atomic mass is 32.2.